The summed E-state index contributed by atoms with van der Waals surface area (Å²) in [6.07, 6.45) is 0. The van der Waals surface area contributed by atoms with Gasteiger partial charge in [0.1, 0.15) is 0 Å². The molecule has 1 heterocycles. The molecule has 0 aliphatic heterocycles. The molecule has 0 amide bonds. The maximum atomic E-state index is 11.4. The summed E-state index contributed by atoms with van der Waals surface area (Å²) in [5.74, 6) is 0.929. The predicted molar refractivity (Wildman–Crippen MR) is 119 cm³/mol. The molecule has 0 aliphatic carbocycles. The molecule has 3 aromatic carbocycles. The van der Waals surface area contributed by atoms with Crippen molar-refractivity contribution in [2.45, 2.75) is 33.1 Å². The van der Waals surface area contributed by atoms with E-state index in [2.05, 4.69) is 67.4 Å². The number of carbonyl (C=O) groups is 1. The number of ketones is 1. The van der Waals surface area contributed by atoms with Gasteiger partial charge in [0.25, 0.3) is 0 Å². The molecule has 0 atom stereocenters. The van der Waals surface area contributed by atoms with Gasteiger partial charge in [0.15, 0.2) is 5.78 Å². The quantitative estimate of drug-likeness (QED) is 0.366. The number of rotatable bonds is 4. The van der Waals surface area contributed by atoms with Gasteiger partial charge in [0.05, 0.1) is 0 Å². The van der Waals surface area contributed by atoms with Gasteiger partial charge in [-0.15, -0.1) is 10.2 Å². The number of carbonyl (C=O) groups excluding carboxylic acids is 1. The third-order valence-electron chi connectivity index (χ3n) is 5.18. The molecule has 0 saturated heterocycles. The Morgan fingerprint density at radius 3 is 1.50 bits per heavy atom. The zero-order valence-corrected chi connectivity index (χ0v) is 17.6. The van der Waals surface area contributed by atoms with Gasteiger partial charge in [-0.1, -0.05) is 69.3 Å². The summed E-state index contributed by atoms with van der Waals surface area (Å²) in [5, 5.41) is 8.33. The minimum Gasteiger partial charge on any atom is -0.416 e. The van der Waals surface area contributed by atoms with E-state index in [1.165, 1.54) is 11.1 Å². The van der Waals surface area contributed by atoms with E-state index in [0.717, 1.165) is 16.7 Å². The second-order valence-corrected chi connectivity index (χ2v) is 8.45. The Kier molecular flexibility index (Phi) is 5.08. The van der Waals surface area contributed by atoms with Crippen molar-refractivity contribution in [1.29, 1.82) is 0 Å². The van der Waals surface area contributed by atoms with Crippen molar-refractivity contribution in [3.63, 3.8) is 0 Å². The first-order chi connectivity index (χ1) is 14.3. The molecule has 30 heavy (non-hydrogen) atoms. The molecule has 0 aliphatic rings. The standard InChI is InChI=1S/C26H24N2O2/c1-17(29)18-5-9-21(10-6-18)24-27-28-25(30-24)22-11-7-19(8-12-22)20-13-15-23(16-14-20)26(2,3)4/h5-16H,1-4H3. The van der Waals surface area contributed by atoms with Crippen molar-refractivity contribution in [3.05, 3.63) is 83.9 Å². The SMILES string of the molecule is CC(=O)c1ccc(-c2nnc(-c3ccc(-c4ccc(C(C)(C)C)cc4)cc3)o2)cc1. The first-order valence-corrected chi connectivity index (χ1v) is 9.97. The Balaban J connectivity index is 1.54. The number of hydrogen-bond donors (Lipinski definition) is 0. The molecule has 0 fully saturated rings. The van der Waals surface area contributed by atoms with Crippen LogP contribution in [0.3, 0.4) is 0 Å². The average Bonchev–Trinajstić information content (AvgIpc) is 3.24. The van der Waals surface area contributed by atoms with E-state index in [9.17, 15) is 4.79 Å². The summed E-state index contributed by atoms with van der Waals surface area (Å²) >= 11 is 0. The Hall–Kier alpha value is -3.53. The van der Waals surface area contributed by atoms with Gasteiger partial charge in [-0.3, -0.25) is 4.79 Å². The fourth-order valence-electron chi connectivity index (χ4n) is 3.27. The molecule has 4 heteroatoms. The minimum absolute atomic E-state index is 0.0286. The van der Waals surface area contributed by atoms with E-state index in [1.807, 2.05) is 24.3 Å². The highest BCUT2D eigenvalue weighted by Crippen LogP contribution is 2.29. The lowest BCUT2D eigenvalue weighted by Crippen LogP contribution is -2.10. The lowest BCUT2D eigenvalue weighted by Gasteiger charge is -2.19. The highest BCUT2D eigenvalue weighted by Gasteiger charge is 2.14. The molecule has 4 rings (SSSR count). The smallest absolute Gasteiger partial charge is 0.248 e. The molecular weight excluding hydrogens is 372 g/mol. The molecule has 0 bridgehead atoms. The van der Waals surface area contributed by atoms with Crippen LogP contribution in [0.4, 0.5) is 0 Å². The monoisotopic (exact) mass is 396 g/mol. The molecule has 0 saturated carbocycles. The van der Waals surface area contributed by atoms with Crippen molar-refractivity contribution in [1.82, 2.24) is 10.2 Å². The highest BCUT2D eigenvalue weighted by molar-refractivity contribution is 5.94. The van der Waals surface area contributed by atoms with E-state index in [-0.39, 0.29) is 11.2 Å². The lowest BCUT2D eigenvalue weighted by atomic mass is 9.86. The summed E-state index contributed by atoms with van der Waals surface area (Å²) < 4.78 is 5.85. The van der Waals surface area contributed by atoms with Crippen LogP contribution in [0.25, 0.3) is 34.0 Å². The molecule has 0 unspecified atom stereocenters. The Morgan fingerprint density at radius 1 is 0.667 bits per heavy atom. The molecule has 4 nitrogen and oxygen atoms in total. The third kappa shape index (κ3) is 4.08. The van der Waals surface area contributed by atoms with Crippen LogP contribution in [0.15, 0.2) is 77.2 Å². The maximum absolute atomic E-state index is 11.4. The molecule has 0 radical (unpaired) electrons. The minimum atomic E-state index is 0.0286. The van der Waals surface area contributed by atoms with Crippen molar-refractivity contribution < 1.29 is 9.21 Å². The molecule has 1 aromatic heterocycles. The fourth-order valence-corrected chi connectivity index (χ4v) is 3.27. The van der Waals surface area contributed by atoms with Crippen LogP contribution in [-0.2, 0) is 5.41 Å². The van der Waals surface area contributed by atoms with E-state index in [0.29, 0.717) is 17.3 Å². The zero-order valence-electron chi connectivity index (χ0n) is 17.6. The van der Waals surface area contributed by atoms with Crippen LogP contribution in [0.5, 0.6) is 0 Å². The van der Waals surface area contributed by atoms with Gasteiger partial charge in [0, 0.05) is 16.7 Å². The zero-order chi connectivity index (χ0) is 21.3. The maximum Gasteiger partial charge on any atom is 0.248 e. The van der Waals surface area contributed by atoms with Gasteiger partial charge in [-0.2, -0.15) is 0 Å². The topological polar surface area (TPSA) is 56.0 Å². The van der Waals surface area contributed by atoms with Crippen LogP contribution in [-0.4, -0.2) is 16.0 Å². The van der Waals surface area contributed by atoms with E-state index >= 15 is 0 Å². The first kappa shape index (κ1) is 19.8. The second-order valence-electron chi connectivity index (χ2n) is 8.45. The van der Waals surface area contributed by atoms with Crippen molar-refractivity contribution in [3.8, 4) is 34.0 Å². The van der Waals surface area contributed by atoms with Crippen LogP contribution in [0.1, 0.15) is 43.6 Å². The van der Waals surface area contributed by atoms with Crippen LogP contribution < -0.4 is 0 Å². The van der Waals surface area contributed by atoms with Crippen molar-refractivity contribution in [2.24, 2.45) is 0 Å². The molecule has 0 N–H and O–H groups in total. The Morgan fingerprint density at radius 2 is 1.07 bits per heavy atom. The van der Waals surface area contributed by atoms with E-state index in [1.54, 1.807) is 19.1 Å². The normalized spacial score (nSPS) is 11.5. The first-order valence-electron chi connectivity index (χ1n) is 9.97. The molecule has 0 spiro atoms. The number of hydrogen-bond acceptors (Lipinski definition) is 4. The fraction of sp³-hybridized carbons (Fsp3) is 0.192. The summed E-state index contributed by atoms with van der Waals surface area (Å²) in [4.78, 5) is 11.4. The predicted octanol–water partition coefficient (Wildman–Crippen LogP) is 6.57. The average molecular weight is 396 g/mol. The summed E-state index contributed by atoms with van der Waals surface area (Å²) in [6, 6.07) is 24.0. The Bertz CT molecular complexity index is 1160. The number of Topliss-reactive ketones (excluding diaryl/α,β-unsaturated/α-hetero) is 1. The van der Waals surface area contributed by atoms with Crippen molar-refractivity contribution >= 4 is 5.78 Å². The summed E-state index contributed by atoms with van der Waals surface area (Å²) in [7, 11) is 0. The number of nitrogens with zero attached hydrogens (tertiary/aromatic N) is 2. The summed E-state index contributed by atoms with van der Waals surface area (Å²) in [5.41, 5.74) is 6.08. The number of aromatic nitrogens is 2. The van der Waals surface area contributed by atoms with Crippen LogP contribution in [0, 0.1) is 0 Å². The van der Waals surface area contributed by atoms with Gasteiger partial charge in [0.2, 0.25) is 11.8 Å². The van der Waals surface area contributed by atoms with Gasteiger partial charge < -0.3 is 4.42 Å². The molecule has 150 valence electrons. The Labute approximate surface area is 176 Å². The van der Waals surface area contributed by atoms with Crippen LogP contribution in [0.2, 0.25) is 0 Å². The molecular formula is C26H24N2O2. The molecule has 4 aromatic rings. The van der Waals surface area contributed by atoms with Gasteiger partial charge in [-0.05, 0) is 53.3 Å². The van der Waals surface area contributed by atoms with E-state index < -0.39 is 0 Å². The van der Waals surface area contributed by atoms with Crippen molar-refractivity contribution in [2.75, 3.05) is 0 Å². The lowest BCUT2D eigenvalue weighted by molar-refractivity contribution is 0.101. The second kappa shape index (κ2) is 7.71. The number of benzene rings is 3. The third-order valence-corrected chi connectivity index (χ3v) is 5.18. The highest BCUT2D eigenvalue weighted by atomic mass is 16.4. The van der Waals surface area contributed by atoms with Gasteiger partial charge >= 0.3 is 0 Å². The van der Waals surface area contributed by atoms with Crippen LogP contribution >= 0.6 is 0 Å². The summed E-state index contributed by atoms with van der Waals surface area (Å²) in [6.45, 7) is 8.19. The van der Waals surface area contributed by atoms with Gasteiger partial charge in [-0.25, -0.2) is 0 Å². The van der Waals surface area contributed by atoms with E-state index in [4.69, 9.17) is 4.42 Å². The largest absolute Gasteiger partial charge is 0.416 e.